The van der Waals surface area contributed by atoms with Gasteiger partial charge in [-0.3, -0.25) is 4.90 Å². The Morgan fingerprint density at radius 3 is 2.42 bits per heavy atom. The SMILES string of the molecule is OCCOc1ccc(N2CCN(Cc3ccccc3)CC2)c(Cl)c1. The number of hydrogen-bond acceptors (Lipinski definition) is 4. The number of piperazine rings is 1. The second kappa shape index (κ2) is 8.38. The van der Waals surface area contributed by atoms with Crippen molar-refractivity contribution in [2.45, 2.75) is 6.54 Å². The third-order valence-corrected chi connectivity index (χ3v) is 4.54. The first-order valence-corrected chi connectivity index (χ1v) is 8.68. The zero-order valence-electron chi connectivity index (χ0n) is 13.7. The molecule has 0 unspecified atom stereocenters. The van der Waals surface area contributed by atoms with Crippen molar-refractivity contribution in [1.82, 2.24) is 4.90 Å². The molecule has 3 rings (SSSR count). The third-order valence-electron chi connectivity index (χ3n) is 4.24. The molecule has 0 bridgehead atoms. The Morgan fingerprint density at radius 2 is 1.75 bits per heavy atom. The summed E-state index contributed by atoms with van der Waals surface area (Å²) in [7, 11) is 0. The van der Waals surface area contributed by atoms with E-state index in [9.17, 15) is 0 Å². The highest BCUT2D eigenvalue weighted by atomic mass is 35.5. The van der Waals surface area contributed by atoms with Crippen LogP contribution in [-0.4, -0.2) is 49.4 Å². The van der Waals surface area contributed by atoms with E-state index in [-0.39, 0.29) is 13.2 Å². The smallest absolute Gasteiger partial charge is 0.121 e. The number of nitrogens with zero attached hydrogens (tertiary/aromatic N) is 2. The highest BCUT2D eigenvalue weighted by Crippen LogP contribution is 2.30. The number of aliphatic hydroxyl groups is 1. The normalized spacial score (nSPS) is 15.5. The standard InChI is InChI=1S/C19H23ClN2O2/c20-18-14-17(24-13-12-23)6-7-19(18)22-10-8-21(9-11-22)15-16-4-2-1-3-5-16/h1-7,14,23H,8-13,15H2. The molecule has 128 valence electrons. The predicted molar refractivity (Wildman–Crippen MR) is 98.0 cm³/mol. The summed E-state index contributed by atoms with van der Waals surface area (Å²) in [5.74, 6) is 0.695. The number of rotatable bonds is 6. The van der Waals surface area contributed by atoms with Gasteiger partial charge in [-0.15, -0.1) is 0 Å². The van der Waals surface area contributed by atoms with Gasteiger partial charge in [0, 0.05) is 38.8 Å². The van der Waals surface area contributed by atoms with Crippen molar-refractivity contribution in [1.29, 1.82) is 0 Å². The van der Waals surface area contributed by atoms with Gasteiger partial charge < -0.3 is 14.7 Å². The number of hydrogen-bond donors (Lipinski definition) is 1. The Morgan fingerprint density at radius 1 is 1.00 bits per heavy atom. The molecule has 1 aliphatic heterocycles. The summed E-state index contributed by atoms with van der Waals surface area (Å²) < 4.78 is 5.40. The Labute approximate surface area is 148 Å². The van der Waals surface area contributed by atoms with Crippen LogP contribution in [0.2, 0.25) is 5.02 Å². The molecular formula is C19H23ClN2O2. The van der Waals surface area contributed by atoms with E-state index in [4.69, 9.17) is 21.4 Å². The average molecular weight is 347 g/mol. The number of ether oxygens (including phenoxy) is 1. The summed E-state index contributed by atoms with van der Waals surface area (Å²) in [6.45, 7) is 5.25. The van der Waals surface area contributed by atoms with Crippen molar-refractivity contribution in [2.75, 3.05) is 44.3 Å². The minimum Gasteiger partial charge on any atom is -0.491 e. The van der Waals surface area contributed by atoms with Gasteiger partial charge in [-0.2, -0.15) is 0 Å². The van der Waals surface area contributed by atoms with E-state index in [0.717, 1.165) is 38.4 Å². The molecule has 0 saturated carbocycles. The van der Waals surface area contributed by atoms with E-state index >= 15 is 0 Å². The molecule has 24 heavy (non-hydrogen) atoms. The molecule has 5 heteroatoms. The van der Waals surface area contributed by atoms with Crippen molar-refractivity contribution >= 4 is 17.3 Å². The Kier molecular flexibility index (Phi) is 5.96. The first-order chi connectivity index (χ1) is 11.8. The number of aliphatic hydroxyl groups excluding tert-OH is 1. The van der Waals surface area contributed by atoms with Gasteiger partial charge in [0.25, 0.3) is 0 Å². The fourth-order valence-electron chi connectivity index (χ4n) is 2.99. The van der Waals surface area contributed by atoms with Gasteiger partial charge in [-0.25, -0.2) is 0 Å². The topological polar surface area (TPSA) is 35.9 Å². The maximum atomic E-state index is 8.82. The Bertz CT molecular complexity index is 643. The van der Waals surface area contributed by atoms with Crippen molar-refractivity contribution in [3.8, 4) is 5.75 Å². The van der Waals surface area contributed by atoms with Crippen LogP contribution < -0.4 is 9.64 Å². The molecular weight excluding hydrogens is 324 g/mol. The van der Waals surface area contributed by atoms with Crippen LogP contribution in [0.5, 0.6) is 5.75 Å². The van der Waals surface area contributed by atoms with E-state index in [1.54, 1.807) is 0 Å². The minimum atomic E-state index is 0.00272. The van der Waals surface area contributed by atoms with E-state index in [2.05, 4.69) is 40.1 Å². The maximum absolute atomic E-state index is 8.82. The summed E-state index contributed by atoms with van der Waals surface area (Å²) in [6.07, 6.45) is 0. The van der Waals surface area contributed by atoms with Crippen LogP contribution in [0.15, 0.2) is 48.5 Å². The molecule has 0 spiro atoms. The molecule has 4 nitrogen and oxygen atoms in total. The summed E-state index contributed by atoms with van der Waals surface area (Å²) in [4.78, 5) is 4.79. The van der Waals surface area contributed by atoms with Gasteiger partial charge in [0.15, 0.2) is 0 Å². The molecule has 1 N–H and O–H groups in total. The lowest BCUT2D eigenvalue weighted by atomic mass is 10.2. The van der Waals surface area contributed by atoms with Crippen LogP contribution in [0.25, 0.3) is 0 Å². The van der Waals surface area contributed by atoms with E-state index < -0.39 is 0 Å². The predicted octanol–water partition coefficient (Wildman–Crippen LogP) is 3.03. The number of benzene rings is 2. The maximum Gasteiger partial charge on any atom is 0.121 e. The van der Waals surface area contributed by atoms with E-state index in [1.165, 1.54) is 5.56 Å². The molecule has 2 aromatic rings. The number of halogens is 1. The van der Waals surface area contributed by atoms with Gasteiger partial charge in [0.1, 0.15) is 12.4 Å². The molecule has 0 amide bonds. The fourth-order valence-corrected chi connectivity index (χ4v) is 3.28. The second-order valence-electron chi connectivity index (χ2n) is 5.93. The van der Waals surface area contributed by atoms with Gasteiger partial charge in [0.05, 0.1) is 17.3 Å². The summed E-state index contributed by atoms with van der Waals surface area (Å²) >= 11 is 6.41. The van der Waals surface area contributed by atoms with Crippen LogP contribution in [0.3, 0.4) is 0 Å². The summed E-state index contributed by atoms with van der Waals surface area (Å²) in [5, 5.41) is 9.51. The average Bonchev–Trinajstić information content (AvgIpc) is 2.62. The second-order valence-corrected chi connectivity index (χ2v) is 6.34. The first-order valence-electron chi connectivity index (χ1n) is 8.31. The highest BCUT2D eigenvalue weighted by molar-refractivity contribution is 6.33. The molecule has 1 heterocycles. The van der Waals surface area contributed by atoms with Crippen LogP contribution >= 0.6 is 11.6 Å². The van der Waals surface area contributed by atoms with Gasteiger partial charge in [-0.05, 0) is 17.7 Å². The van der Waals surface area contributed by atoms with Crippen molar-refractivity contribution in [3.63, 3.8) is 0 Å². The molecule has 1 saturated heterocycles. The highest BCUT2D eigenvalue weighted by Gasteiger charge is 2.19. The fraction of sp³-hybridized carbons (Fsp3) is 0.368. The van der Waals surface area contributed by atoms with Crippen molar-refractivity contribution < 1.29 is 9.84 Å². The lowest BCUT2D eigenvalue weighted by Gasteiger charge is -2.36. The zero-order valence-corrected chi connectivity index (χ0v) is 14.5. The van der Waals surface area contributed by atoms with Crippen LogP contribution in [-0.2, 0) is 6.54 Å². The van der Waals surface area contributed by atoms with E-state index in [0.29, 0.717) is 10.8 Å². The largest absolute Gasteiger partial charge is 0.491 e. The molecule has 0 aliphatic carbocycles. The monoisotopic (exact) mass is 346 g/mol. The van der Waals surface area contributed by atoms with Gasteiger partial charge >= 0.3 is 0 Å². The van der Waals surface area contributed by atoms with Gasteiger partial charge in [-0.1, -0.05) is 41.9 Å². The quantitative estimate of drug-likeness (QED) is 0.872. The lowest BCUT2D eigenvalue weighted by Crippen LogP contribution is -2.46. The zero-order chi connectivity index (χ0) is 16.8. The summed E-state index contributed by atoms with van der Waals surface area (Å²) in [6, 6.07) is 16.3. The van der Waals surface area contributed by atoms with Crippen LogP contribution in [0.4, 0.5) is 5.69 Å². The lowest BCUT2D eigenvalue weighted by molar-refractivity contribution is 0.201. The molecule has 0 aromatic heterocycles. The molecule has 2 aromatic carbocycles. The van der Waals surface area contributed by atoms with Crippen LogP contribution in [0, 0.1) is 0 Å². The number of anilines is 1. The minimum absolute atomic E-state index is 0.00272. The van der Waals surface area contributed by atoms with Gasteiger partial charge in [0.2, 0.25) is 0 Å². The van der Waals surface area contributed by atoms with E-state index in [1.807, 2.05) is 18.2 Å². The molecule has 0 radical (unpaired) electrons. The molecule has 1 aliphatic rings. The molecule has 0 atom stereocenters. The van der Waals surface area contributed by atoms with Crippen molar-refractivity contribution in [2.24, 2.45) is 0 Å². The summed E-state index contributed by atoms with van der Waals surface area (Å²) in [5.41, 5.74) is 2.40. The Hall–Kier alpha value is -1.75. The third kappa shape index (κ3) is 4.41. The van der Waals surface area contributed by atoms with Crippen LogP contribution in [0.1, 0.15) is 5.56 Å². The Balaban J connectivity index is 1.56. The molecule has 1 fully saturated rings. The first kappa shape index (κ1) is 17.1. The van der Waals surface area contributed by atoms with Crippen molar-refractivity contribution in [3.05, 3.63) is 59.1 Å².